The Morgan fingerprint density at radius 1 is 1.50 bits per heavy atom. The Morgan fingerprint density at radius 2 is 2.10 bits per heavy atom. The molecule has 1 atom stereocenters. The fourth-order valence-corrected chi connectivity index (χ4v) is 1.80. The summed E-state index contributed by atoms with van der Waals surface area (Å²) in [6.45, 7) is 5.51. The fourth-order valence-electron chi connectivity index (χ4n) is 1.80. The van der Waals surface area contributed by atoms with Gasteiger partial charge in [0, 0.05) is 0 Å². The molecule has 1 unspecified atom stereocenters. The summed E-state index contributed by atoms with van der Waals surface area (Å²) in [4.78, 5) is 0. The highest BCUT2D eigenvalue weighted by Gasteiger charge is 2.45. The van der Waals surface area contributed by atoms with Crippen molar-refractivity contribution in [1.82, 2.24) is 0 Å². The summed E-state index contributed by atoms with van der Waals surface area (Å²) in [6, 6.07) is 0. The molecule has 0 heterocycles. The van der Waals surface area contributed by atoms with Gasteiger partial charge in [-0.1, -0.05) is 26.7 Å². The second-order valence-corrected chi connectivity index (χ2v) is 3.76. The summed E-state index contributed by atoms with van der Waals surface area (Å²) in [7, 11) is 0. The third-order valence-electron chi connectivity index (χ3n) is 3.07. The van der Waals surface area contributed by atoms with E-state index < -0.39 is 0 Å². The Kier molecular flexibility index (Phi) is 2.35. The molecule has 0 radical (unpaired) electrons. The zero-order chi connectivity index (χ0) is 7.61. The highest BCUT2D eigenvalue weighted by atomic mass is 14.7. The molecule has 1 saturated carbocycles. The molecule has 1 aliphatic rings. The SMILES string of the molecule is CCCC(C)C1(CN)CC1. The number of rotatable bonds is 4. The number of nitrogens with two attached hydrogens (primary N) is 1. The van der Waals surface area contributed by atoms with Crippen LogP contribution in [0.2, 0.25) is 0 Å². The fraction of sp³-hybridized carbons (Fsp3) is 1.00. The van der Waals surface area contributed by atoms with Gasteiger partial charge in [-0.3, -0.25) is 0 Å². The highest BCUT2D eigenvalue weighted by molar-refractivity contribution is 4.97. The molecule has 0 saturated heterocycles. The first kappa shape index (κ1) is 8.06. The van der Waals surface area contributed by atoms with Crippen molar-refractivity contribution in [3.05, 3.63) is 0 Å². The molecular weight excluding hydrogens is 122 g/mol. The molecule has 0 amide bonds. The van der Waals surface area contributed by atoms with E-state index in [9.17, 15) is 0 Å². The van der Waals surface area contributed by atoms with Gasteiger partial charge >= 0.3 is 0 Å². The predicted octanol–water partition coefficient (Wildman–Crippen LogP) is 2.16. The Balaban J connectivity index is 2.32. The van der Waals surface area contributed by atoms with E-state index in [4.69, 9.17) is 5.73 Å². The average molecular weight is 141 g/mol. The lowest BCUT2D eigenvalue weighted by atomic mass is 9.87. The minimum absolute atomic E-state index is 0.579. The summed E-state index contributed by atoms with van der Waals surface area (Å²) in [5.74, 6) is 0.863. The summed E-state index contributed by atoms with van der Waals surface area (Å²) < 4.78 is 0. The van der Waals surface area contributed by atoms with Crippen molar-refractivity contribution in [2.45, 2.75) is 39.5 Å². The van der Waals surface area contributed by atoms with Gasteiger partial charge in [0.05, 0.1) is 0 Å². The van der Waals surface area contributed by atoms with E-state index in [2.05, 4.69) is 13.8 Å². The lowest BCUT2D eigenvalue weighted by Crippen LogP contribution is -2.22. The molecule has 0 spiro atoms. The van der Waals surface area contributed by atoms with Gasteiger partial charge in [0.25, 0.3) is 0 Å². The topological polar surface area (TPSA) is 26.0 Å². The van der Waals surface area contributed by atoms with Gasteiger partial charge in [0.15, 0.2) is 0 Å². The molecule has 0 aromatic carbocycles. The van der Waals surface area contributed by atoms with Crippen molar-refractivity contribution in [1.29, 1.82) is 0 Å². The van der Waals surface area contributed by atoms with Crippen LogP contribution in [0.25, 0.3) is 0 Å². The van der Waals surface area contributed by atoms with Gasteiger partial charge in [-0.25, -0.2) is 0 Å². The zero-order valence-corrected chi connectivity index (χ0v) is 7.19. The molecule has 0 aliphatic heterocycles. The maximum absolute atomic E-state index is 5.70. The molecule has 1 rings (SSSR count). The standard InChI is InChI=1S/C9H19N/c1-3-4-8(2)9(7-10)5-6-9/h8H,3-7,10H2,1-2H3. The summed E-state index contributed by atoms with van der Waals surface area (Å²) in [5.41, 5.74) is 6.28. The van der Waals surface area contributed by atoms with Gasteiger partial charge in [0.1, 0.15) is 0 Å². The van der Waals surface area contributed by atoms with Crippen molar-refractivity contribution in [2.75, 3.05) is 6.54 Å². The van der Waals surface area contributed by atoms with Crippen LogP contribution in [0.5, 0.6) is 0 Å². The van der Waals surface area contributed by atoms with Gasteiger partial charge in [-0.05, 0) is 30.7 Å². The van der Waals surface area contributed by atoms with Crippen LogP contribution in [0.15, 0.2) is 0 Å². The summed E-state index contributed by atoms with van der Waals surface area (Å²) in [5, 5.41) is 0. The molecule has 1 fully saturated rings. The van der Waals surface area contributed by atoms with Crippen LogP contribution >= 0.6 is 0 Å². The molecule has 0 aromatic heterocycles. The number of hydrogen-bond acceptors (Lipinski definition) is 1. The average Bonchev–Trinajstić information content (AvgIpc) is 2.68. The van der Waals surface area contributed by atoms with E-state index in [-0.39, 0.29) is 0 Å². The van der Waals surface area contributed by atoms with Gasteiger partial charge in [-0.2, -0.15) is 0 Å². The third-order valence-corrected chi connectivity index (χ3v) is 3.07. The predicted molar refractivity (Wildman–Crippen MR) is 44.8 cm³/mol. The van der Waals surface area contributed by atoms with Crippen LogP contribution in [0.3, 0.4) is 0 Å². The van der Waals surface area contributed by atoms with Crippen LogP contribution < -0.4 is 5.73 Å². The highest BCUT2D eigenvalue weighted by Crippen LogP contribution is 2.52. The Hall–Kier alpha value is -0.0400. The van der Waals surface area contributed by atoms with Crippen molar-refractivity contribution in [3.63, 3.8) is 0 Å². The van der Waals surface area contributed by atoms with E-state index >= 15 is 0 Å². The van der Waals surface area contributed by atoms with Gasteiger partial charge in [0.2, 0.25) is 0 Å². The van der Waals surface area contributed by atoms with Crippen LogP contribution in [-0.4, -0.2) is 6.54 Å². The van der Waals surface area contributed by atoms with E-state index in [0.29, 0.717) is 5.41 Å². The van der Waals surface area contributed by atoms with Gasteiger partial charge < -0.3 is 5.73 Å². The first-order valence-corrected chi connectivity index (χ1v) is 4.45. The first-order valence-electron chi connectivity index (χ1n) is 4.45. The maximum Gasteiger partial charge on any atom is -0.00180 e. The van der Waals surface area contributed by atoms with Crippen molar-refractivity contribution in [2.24, 2.45) is 17.1 Å². The first-order chi connectivity index (χ1) is 4.75. The Morgan fingerprint density at radius 3 is 2.40 bits per heavy atom. The van der Waals surface area contributed by atoms with E-state index in [1.165, 1.54) is 25.7 Å². The second kappa shape index (κ2) is 2.91. The van der Waals surface area contributed by atoms with E-state index in [0.717, 1.165) is 12.5 Å². The quantitative estimate of drug-likeness (QED) is 0.638. The second-order valence-electron chi connectivity index (χ2n) is 3.76. The van der Waals surface area contributed by atoms with Crippen LogP contribution in [0, 0.1) is 11.3 Å². The molecule has 10 heavy (non-hydrogen) atoms. The molecule has 1 nitrogen and oxygen atoms in total. The van der Waals surface area contributed by atoms with E-state index in [1.54, 1.807) is 0 Å². The summed E-state index contributed by atoms with van der Waals surface area (Å²) in [6.07, 6.45) is 5.43. The number of hydrogen-bond donors (Lipinski definition) is 1. The molecule has 1 aliphatic carbocycles. The molecule has 1 heteroatoms. The summed E-state index contributed by atoms with van der Waals surface area (Å²) >= 11 is 0. The lowest BCUT2D eigenvalue weighted by molar-refractivity contribution is 0.319. The smallest absolute Gasteiger partial charge is 0.00180 e. The third kappa shape index (κ3) is 1.34. The molecule has 60 valence electrons. The van der Waals surface area contributed by atoms with Crippen LogP contribution in [0.1, 0.15) is 39.5 Å². The molecule has 0 bridgehead atoms. The maximum atomic E-state index is 5.70. The van der Waals surface area contributed by atoms with Gasteiger partial charge in [-0.15, -0.1) is 0 Å². The Bertz CT molecular complexity index is 105. The molecular formula is C9H19N. The van der Waals surface area contributed by atoms with Crippen molar-refractivity contribution >= 4 is 0 Å². The van der Waals surface area contributed by atoms with Crippen LogP contribution in [0.4, 0.5) is 0 Å². The minimum Gasteiger partial charge on any atom is -0.330 e. The molecule has 0 aromatic rings. The van der Waals surface area contributed by atoms with E-state index in [1.807, 2.05) is 0 Å². The lowest BCUT2D eigenvalue weighted by Gasteiger charge is -2.20. The monoisotopic (exact) mass is 141 g/mol. The minimum atomic E-state index is 0.579. The zero-order valence-electron chi connectivity index (χ0n) is 7.19. The van der Waals surface area contributed by atoms with Crippen LogP contribution in [-0.2, 0) is 0 Å². The largest absolute Gasteiger partial charge is 0.330 e. The Labute approximate surface area is 64.0 Å². The van der Waals surface area contributed by atoms with Crippen molar-refractivity contribution in [3.8, 4) is 0 Å². The molecule has 2 N–H and O–H groups in total. The normalized spacial score (nSPS) is 24.3. The van der Waals surface area contributed by atoms with Crippen molar-refractivity contribution < 1.29 is 0 Å².